The van der Waals surface area contributed by atoms with E-state index in [-0.39, 0.29) is 0 Å². The van der Waals surface area contributed by atoms with E-state index in [2.05, 4.69) is 32.8 Å². The van der Waals surface area contributed by atoms with Crippen LogP contribution in [0.3, 0.4) is 0 Å². The molecule has 3 N–H and O–H groups in total. The van der Waals surface area contributed by atoms with Crippen LogP contribution in [0.4, 0.5) is 0 Å². The molecule has 0 heterocycles. The summed E-state index contributed by atoms with van der Waals surface area (Å²) in [6.07, 6.45) is 0. The average molecular weight is 150 g/mol. The van der Waals surface area contributed by atoms with Crippen molar-refractivity contribution in [2.24, 2.45) is 10.8 Å². The minimum atomic E-state index is 0.435. The molecule has 6 heavy (non-hydrogen) atoms. The van der Waals surface area contributed by atoms with Gasteiger partial charge in [0, 0.05) is 0 Å². The van der Waals surface area contributed by atoms with Gasteiger partial charge in [0.2, 0.25) is 0 Å². The molecule has 0 spiro atoms. The third-order valence-corrected chi connectivity index (χ3v) is 0.381. The van der Waals surface area contributed by atoms with Crippen molar-refractivity contribution in [3.8, 4) is 0 Å². The van der Waals surface area contributed by atoms with Crippen molar-refractivity contribution >= 4 is 27.0 Å². The molecule has 0 saturated heterocycles. The molecule has 0 unspecified atom stereocenters. The molecule has 0 aromatic rings. The molecule has 0 rings (SSSR count). The van der Waals surface area contributed by atoms with Crippen LogP contribution in [0, 0.1) is 0 Å². The van der Waals surface area contributed by atoms with E-state index in [9.17, 15) is 0 Å². The Balaban J connectivity index is 3.05. The van der Waals surface area contributed by atoms with Crippen LogP contribution in [0.15, 0.2) is 5.10 Å². The number of hydrazone groups is 1. The fourth-order valence-corrected chi connectivity index (χ4v) is 0.213. The second kappa shape index (κ2) is 2.87. The third-order valence-electron chi connectivity index (χ3n) is 0.189. The van der Waals surface area contributed by atoms with Gasteiger partial charge in [0.15, 0.2) is 0 Å². The van der Waals surface area contributed by atoms with Gasteiger partial charge in [-0.05, 0) is 0 Å². The summed E-state index contributed by atoms with van der Waals surface area (Å²) in [6.45, 7) is 3.12. The van der Waals surface area contributed by atoms with Gasteiger partial charge in [-0.1, -0.05) is 0 Å². The van der Waals surface area contributed by atoms with Gasteiger partial charge in [0.25, 0.3) is 0 Å². The molecule has 0 amide bonds. The first-order valence-corrected chi connectivity index (χ1v) is 2.14. The van der Waals surface area contributed by atoms with E-state index < -0.39 is 0 Å². The van der Waals surface area contributed by atoms with Crippen LogP contribution in [-0.4, -0.2) is 27.0 Å². The first kappa shape index (κ1) is 5.66. The van der Waals surface area contributed by atoms with E-state index in [4.69, 9.17) is 5.73 Å². The Labute approximate surface area is 44.0 Å². The summed E-state index contributed by atoms with van der Waals surface area (Å²) < 4.78 is 0.435. The van der Waals surface area contributed by atoms with Gasteiger partial charge >= 0.3 is 43.2 Å². The molecule has 0 aromatic carbocycles. The molecule has 0 saturated carbocycles. The van der Waals surface area contributed by atoms with Crippen LogP contribution in [0.5, 0.6) is 0 Å². The SMILES string of the molecule is C=NNC(N)=[Se]. The Morgan fingerprint density at radius 1 is 2.00 bits per heavy atom. The fraction of sp³-hybridized carbons (Fsp3) is 0. The number of nitrogens with two attached hydrogens (primary N) is 1. The Morgan fingerprint density at radius 2 is 2.50 bits per heavy atom. The Bertz CT molecular complexity index is 69.2. The molecule has 0 bridgehead atoms. The quantitative estimate of drug-likeness (QED) is 0.283. The van der Waals surface area contributed by atoms with Crippen LogP contribution in [0.1, 0.15) is 0 Å². The zero-order valence-electron chi connectivity index (χ0n) is 3.14. The number of hydrogen-bond donors (Lipinski definition) is 2. The van der Waals surface area contributed by atoms with Crippen molar-refractivity contribution in [3.63, 3.8) is 0 Å². The molecule has 0 radical (unpaired) electrons. The molecule has 0 fully saturated rings. The molecular weight excluding hydrogens is 145 g/mol. The Hall–Kier alpha value is -0.341. The number of nitrogens with zero attached hydrogens (tertiary/aromatic N) is 1. The normalized spacial score (nSPS) is 6.67. The predicted octanol–water partition coefficient (Wildman–Crippen LogP) is -1.59. The van der Waals surface area contributed by atoms with E-state index in [1.807, 2.05) is 0 Å². The van der Waals surface area contributed by atoms with Gasteiger partial charge in [-0.25, -0.2) is 0 Å². The zero-order valence-corrected chi connectivity index (χ0v) is 4.85. The second-order valence-electron chi connectivity index (χ2n) is 0.634. The number of nitrogens with one attached hydrogen (secondary N) is 1. The van der Waals surface area contributed by atoms with Gasteiger partial charge in [-0.2, -0.15) is 0 Å². The summed E-state index contributed by atoms with van der Waals surface area (Å²) in [4.78, 5) is 0. The predicted molar refractivity (Wildman–Crippen MR) is 27.6 cm³/mol. The second-order valence-corrected chi connectivity index (χ2v) is 1.56. The maximum atomic E-state index is 5.02. The van der Waals surface area contributed by atoms with Gasteiger partial charge in [0.1, 0.15) is 0 Å². The third kappa shape index (κ3) is 3.66. The topological polar surface area (TPSA) is 50.4 Å². The van der Waals surface area contributed by atoms with Gasteiger partial charge in [0.05, 0.1) is 0 Å². The summed E-state index contributed by atoms with van der Waals surface area (Å²) >= 11 is 2.49. The molecule has 0 aromatic heterocycles. The van der Waals surface area contributed by atoms with Gasteiger partial charge in [-0.15, -0.1) is 0 Å². The summed E-state index contributed by atoms with van der Waals surface area (Å²) in [5.74, 6) is 0. The van der Waals surface area contributed by atoms with E-state index in [1.54, 1.807) is 0 Å². The van der Waals surface area contributed by atoms with Gasteiger partial charge in [-0.3, -0.25) is 0 Å². The van der Waals surface area contributed by atoms with Crippen molar-refractivity contribution in [1.82, 2.24) is 5.43 Å². The van der Waals surface area contributed by atoms with Crippen LogP contribution in [0.2, 0.25) is 0 Å². The number of rotatable bonds is 2. The van der Waals surface area contributed by atoms with Crippen LogP contribution in [-0.2, 0) is 0 Å². The van der Waals surface area contributed by atoms with E-state index in [0.29, 0.717) is 4.67 Å². The van der Waals surface area contributed by atoms with E-state index in [0.717, 1.165) is 0 Å². The van der Waals surface area contributed by atoms with Crippen LogP contribution in [0.25, 0.3) is 0 Å². The number of hydrogen-bond acceptors (Lipinski definition) is 3. The molecule has 0 aliphatic carbocycles. The summed E-state index contributed by atoms with van der Waals surface area (Å²) in [6, 6.07) is 0. The maximum absolute atomic E-state index is 5.02. The van der Waals surface area contributed by atoms with Crippen molar-refractivity contribution < 1.29 is 0 Å². The Morgan fingerprint density at radius 3 is 2.50 bits per heavy atom. The molecule has 34 valence electrons. The van der Waals surface area contributed by atoms with Crippen molar-refractivity contribution in [3.05, 3.63) is 0 Å². The first-order chi connectivity index (χ1) is 2.77. The summed E-state index contributed by atoms with van der Waals surface area (Å²) in [5.41, 5.74) is 7.38. The Kier molecular flexibility index (Phi) is 2.71. The molecule has 4 heteroatoms. The average Bonchev–Trinajstić information content (AvgIpc) is 1.35. The monoisotopic (exact) mass is 151 g/mol. The van der Waals surface area contributed by atoms with Crippen LogP contribution >= 0.6 is 0 Å². The van der Waals surface area contributed by atoms with Crippen molar-refractivity contribution in [1.29, 1.82) is 0 Å². The van der Waals surface area contributed by atoms with Gasteiger partial charge < -0.3 is 0 Å². The molecular formula is C2H5N3Se. The fourth-order valence-electron chi connectivity index (χ4n) is 0.0779. The zero-order chi connectivity index (χ0) is 4.99. The molecule has 0 aliphatic rings. The van der Waals surface area contributed by atoms with E-state index in [1.165, 1.54) is 0 Å². The van der Waals surface area contributed by atoms with Crippen LogP contribution < -0.4 is 11.2 Å². The van der Waals surface area contributed by atoms with Crippen molar-refractivity contribution in [2.45, 2.75) is 0 Å². The summed E-state index contributed by atoms with van der Waals surface area (Å²) in [5, 5.41) is 3.24. The molecule has 0 atom stereocenters. The first-order valence-electron chi connectivity index (χ1n) is 1.28. The summed E-state index contributed by atoms with van der Waals surface area (Å²) in [7, 11) is 0. The van der Waals surface area contributed by atoms with E-state index >= 15 is 0 Å². The molecule has 3 nitrogen and oxygen atoms in total. The molecule has 0 aliphatic heterocycles. The standard InChI is InChI=1S/C2H5N3Se/c1-4-5-2(3)6/h1H2,(H3,3,5,6). The van der Waals surface area contributed by atoms with Crippen molar-refractivity contribution in [2.75, 3.05) is 0 Å². The minimum absolute atomic E-state index is 0.435.